The molecule has 0 bridgehead atoms. The number of hydrogen-bond donors (Lipinski definition) is 1. The zero-order valence-electron chi connectivity index (χ0n) is 17.3. The Balaban J connectivity index is 1.83. The summed E-state index contributed by atoms with van der Waals surface area (Å²) in [6, 6.07) is 16.2. The standard InChI is InChI=1S/C25H20ClFN2O2/c1-14-4-10-19(12-16(14)3)28-23-22(17-6-8-18(27)9-7-17)24(30)29(25(23)31)20-11-5-15(2)21(26)13-20/h4-13,28H,1-3H3. The first-order chi connectivity index (χ1) is 14.8. The molecule has 0 spiro atoms. The topological polar surface area (TPSA) is 49.4 Å². The molecule has 0 aliphatic carbocycles. The van der Waals surface area contributed by atoms with E-state index in [1.165, 1.54) is 24.3 Å². The molecule has 0 saturated carbocycles. The van der Waals surface area contributed by atoms with Crippen molar-refractivity contribution in [3.63, 3.8) is 0 Å². The summed E-state index contributed by atoms with van der Waals surface area (Å²) in [5.74, 6) is -1.42. The van der Waals surface area contributed by atoms with Gasteiger partial charge in [-0.1, -0.05) is 35.9 Å². The summed E-state index contributed by atoms with van der Waals surface area (Å²) >= 11 is 6.24. The molecule has 0 saturated heterocycles. The molecular formula is C25H20ClFN2O2. The molecule has 0 aromatic heterocycles. The van der Waals surface area contributed by atoms with Gasteiger partial charge >= 0.3 is 0 Å². The number of hydrogen-bond acceptors (Lipinski definition) is 3. The Hall–Kier alpha value is -3.44. The monoisotopic (exact) mass is 434 g/mol. The zero-order valence-corrected chi connectivity index (χ0v) is 18.0. The van der Waals surface area contributed by atoms with Crippen LogP contribution in [0, 0.1) is 26.6 Å². The van der Waals surface area contributed by atoms with Gasteiger partial charge in [0.15, 0.2) is 0 Å². The van der Waals surface area contributed by atoms with Crippen molar-refractivity contribution in [3.8, 4) is 0 Å². The highest BCUT2D eigenvalue weighted by atomic mass is 35.5. The van der Waals surface area contributed by atoms with Gasteiger partial charge < -0.3 is 5.32 Å². The molecule has 2 amide bonds. The predicted octanol–water partition coefficient (Wildman–Crippen LogP) is 5.80. The van der Waals surface area contributed by atoms with Gasteiger partial charge in [0.1, 0.15) is 11.5 Å². The van der Waals surface area contributed by atoms with E-state index in [2.05, 4.69) is 5.32 Å². The molecule has 4 nitrogen and oxygen atoms in total. The van der Waals surface area contributed by atoms with Crippen molar-refractivity contribution in [2.45, 2.75) is 20.8 Å². The van der Waals surface area contributed by atoms with Crippen LogP contribution in [0.25, 0.3) is 5.57 Å². The molecule has 1 N–H and O–H groups in total. The van der Waals surface area contributed by atoms with Crippen molar-refractivity contribution in [3.05, 3.63) is 99.5 Å². The maximum absolute atomic E-state index is 13.5. The number of nitrogens with zero attached hydrogens (tertiary/aromatic N) is 1. The number of aryl methyl sites for hydroxylation is 3. The SMILES string of the molecule is Cc1ccc(NC2=C(c3ccc(F)cc3)C(=O)N(c3ccc(C)c(Cl)c3)C2=O)cc1C. The summed E-state index contributed by atoms with van der Waals surface area (Å²) in [5, 5.41) is 3.57. The van der Waals surface area contributed by atoms with Gasteiger partial charge in [0.05, 0.1) is 11.3 Å². The van der Waals surface area contributed by atoms with E-state index in [0.29, 0.717) is 22.0 Å². The lowest BCUT2D eigenvalue weighted by Crippen LogP contribution is -2.32. The van der Waals surface area contributed by atoms with Gasteiger partial charge in [0.2, 0.25) is 0 Å². The van der Waals surface area contributed by atoms with E-state index in [9.17, 15) is 14.0 Å². The fraction of sp³-hybridized carbons (Fsp3) is 0.120. The molecule has 31 heavy (non-hydrogen) atoms. The van der Waals surface area contributed by atoms with Gasteiger partial charge in [-0.05, 0) is 79.4 Å². The Bertz CT molecular complexity index is 1250. The number of halogens is 2. The van der Waals surface area contributed by atoms with Crippen LogP contribution in [0.4, 0.5) is 15.8 Å². The second-order valence-electron chi connectivity index (χ2n) is 7.56. The average Bonchev–Trinajstić information content (AvgIpc) is 2.97. The Morgan fingerprint density at radius 1 is 0.806 bits per heavy atom. The van der Waals surface area contributed by atoms with Gasteiger partial charge in [-0.3, -0.25) is 9.59 Å². The van der Waals surface area contributed by atoms with Gasteiger partial charge in [-0.15, -0.1) is 0 Å². The normalized spacial score (nSPS) is 13.9. The second-order valence-corrected chi connectivity index (χ2v) is 7.97. The number of nitrogens with one attached hydrogen (secondary N) is 1. The minimum Gasteiger partial charge on any atom is -0.350 e. The molecule has 6 heteroatoms. The zero-order chi connectivity index (χ0) is 22.3. The fourth-order valence-electron chi connectivity index (χ4n) is 3.45. The lowest BCUT2D eigenvalue weighted by molar-refractivity contribution is -0.120. The third kappa shape index (κ3) is 3.84. The Kier molecular flexibility index (Phi) is 5.38. The molecule has 1 aliphatic heterocycles. The van der Waals surface area contributed by atoms with Crippen molar-refractivity contribution in [2.24, 2.45) is 0 Å². The number of anilines is 2. The van der Waals surface area contributed by atoms with Crippen LogP contribution >= 0.6 is 11.6 Å². The van der Waals surface area contributed by atoms with E-state index in [0.717, 1.165) is 21.6 Å². The highest BCUT2D eigenvalue weighted by Gasteiger charge is 2.40. The quantitative estimate of drug-likeness (QED) is 0.528. The van der Waals surface area contributed by atoms with Crippen LogP contribution in [-0.4, -0.2) is 11.8 Å². The summed E-state index contributed by atoms with van der Waals surface area (Å²) in [4.78, 5) is 27.9. The highest BCUT2D eigenvalue weighted by molar-refractivity contribution is 6.46. The van der Waals surface area contributed by atoms with E-state index in [1.807, 2.05) is 39.0 Å². The Morgan fingerprint density at radius 3 is 2.13 bits per heavy atom. The molecule has 3 aromatic rings. The van der Waals surface area contributed by atoms with Crippen LogP contribution < -0.4 is 10.2 Å². The number of imide groups is 1. The minimum absolute atomic E-state index is 0.136. The van der Waals surface area contributed by atoms with Gasteiger partial charge in [-0.25, -0.2) is 9.29 Å². The van der Waals surface area contributed by atoms with Crippen LogP contribution in [0.5, 0.6) is 0 Å². The highest BCUT2D eigenvalue weighted by Crippen LogP contribution is 2.35. The van der Waals surface area contributed by atoms with Crippen molar-refractivity contribution in [1.82, 2.24) is 0 Å². The van der Waals surface area contributed by atoms with Crippen molar-refractivity contribution in [2.75, 3.05) is 10.2 Å². The van der Waals surface area contributed by atoms with E-state index in [1.54, 1.807) is 18.2 Å². The lowest BCUT2D eigenvalue weighted by Gasteiger charge is -2.16. The van der Waals surface area contributed by atoms with Gasteiger partial charge in [0, 0.05) is 10.7 Å². The first-order valence-electron chi connectivity index (χ1n) is 9.75. The molecule has 0 atom stereocenters. The largest absolute Gasteiger partial charge is 0.350 e. The Labute approximate surface area is 185 Å². The van der Waals surface area contributed by atoms with Crippen molar-refractivity contribution in [1.29, 1.82) is 0 Å². The van der Waals surface area contributed by atoms with Crippen molar-refractivity contribution < 1.29 is 14.0 Å². The van der Waals surface area contributed by atoms with E-state index >= 15 is 0 Å². The molecule has 0 unspecified atom stereocenters. The van der Waals surface area contributed by atoms with Crippen LogP contribution in [0.2, 0.25) is 5.02 Å². The summed E-state index contributed by atoms with van der Waals surface area (Å²) in [6.45, 7) is 5.81. The molecule has 156 valence electrons. The van der Waals surface area contributed by atoms with Gasteiger partial charge in [-0.2, -0.15) is 0 Å². The summed E-state index contributed by atoms with van der Waals surface area (Å²) < 4.78 is 13.5. The average molecular weight is 435 g/mol. The third-order valence-corrected chi connectivity index (χ3v) is 5.81. The summed E-state index contributed by atoms with van der Waals surface area (Å²) in [7, 11) is 0. The van der Waals surface area contributed by atoms with E-state index in [4.69, 9.17) is 11.6 Å². The predicted molar refractivity (Wildman–Crippen MR) is 122 cm³/mol. The van der Waals surface area contributed by atoms with Crippen LogP contribution in [-0.2, 0) is 9.59 Å². The molecule has 1 heterocycles. The number of rotatable bonds is 4. The summed E-state index contributed by atoms with van der Waals surface area (Å²) in [6.07, 6.45) is 0. The minimum atomic E-state index is -0.498. The third-order valence-electron chi connectivity index (χ3n) is 5.41. The molecule has 1 aliphatic rings. The fourth-order valence-corrected chi connectivity index (χ4v) is 3.62. The molecule has 0 radical (unpaired) electrons. The number of carbonyl (C=O) groups is 2. The number of benzene rings is 3. The maximum atomic E-state index is 13.5. The van der Waals surface area contributed by atoms with E-state index < -0.39 is 17.6 Å². The second kappa shape index (κ2) is 8.00. The number of carbonyl (C=O) groups excluding carboxylic acids is 2. The van der Waals surface area contributed by atoms with E-state index in [-0.39, 0.29) is 11.3 Å². The van der Waals surface area contributed by atoms with Crippen LogP contribution in [0.3, 0.4) is 0 Å². The Morgan fingerprint density at radius 2 is 1.48 bits per heavy atom. The van der Waals surface area contributed by atoms with Crippen LogP contribution in [0.1, 0.15) is 22.3 Å². The molecule has 4 rings (SSSR count). The molecular weight excluding hydrogens is 415 g/mol. The molecule has 3 aromatic carbocycles. The van der Waals surface area contributed by atoms with Gasteiger partial charge in [0.25, 0.3) is 11.8 Å². The van der Waals surface area contributed by atoms with Crippen molar-refractivity contribution >= 4 is 40.4 Å². The number of amides is 2. The first-order valence-corrected chi connectivity index (χ1v) is 10.1. The molecule has 0 fully saturated rings. The first kappa shape index (κ1) is 20.8. The smallest absolute Gasteiger partial charge is 0.282 e. The lowest BCUT2D eigenvalue weighted by atomic mass is 10.0. The summed E-state index contributed by atoms with van der Waals surface area (Å²) in [5.41, 5.74) is 4.83. The van der Waals surface area contributed by atoms with Crippen LogP contribution in [0.15, 0.2) is 66.4 Å². The maximum Gasteiger partial charge on any atom is 0.282 e.